The minimum absolute atomic E-state index is 0.0562. The lowest BCUT2D eigenvalue weighted by Gasteiger charge is -2.20. The van der Waals surface area contributed by atoms with Gasteiger partial charge in [0.1, 0.15) is 5.75 Å². The molecule has 154 valence electrons. The summed E-state index contributed by atoms with van der Waals surface area (Å²) in [5.74, 6) is 0.992. The van der Waals surface area contributed by atoms with Crippen LogP contribution in [0.25, 0.3) is 11.5 Å². The number of nitrogens with zero attached hydrogens (tertiary/aromatic N) is 3. The molecule has 0 bridgehead atoms. The number of carbonyl (C=O) groups is 2. The van der Waals surface area contributed by atoms with Gasteiger partial charge in [-0.25, -0.2) is 0 Å². The molecule has 0 aliphatic heterocycles. The van der Waals surface area contributed by atoms with Gasteiger partial charge in [0.25, 0.3) is 5.91 Å². The highest BCUT2D eigenvalue weighted by Gasteiger charge is 2.34. The average Bonchev–Trinajstić information content (AvgIpc) is 3.48. The van der Waals surface area contributed by atoms with Crippen molar-refractivity contribution in [1.82, 2.24) is 15.1 Å². The number of amides is 1. The monoisotopic (exact) mass is 425 g/mol. The zero-order valence-electron chi connectivity index (χ0n) is 16.4. The molecule has 8 heteroatoms. The second-order valence-corrected chi connectivity index (χ2v) is 7.57. The predicted octanol–water partition coefficient (Wildman–Crippen LogP) is 4.16. The maximum absolute atomic E-state index is 12.8. The predicted molar refractivity (Wildman–Crippen MR) is 110 cm³/mol. The van der Waals surface area contributed by atoms with Gasteiger partial charge in [-0.2, -0.15) is 0 Å². The molecule has 1 aliphatic carbocycles. The van der Waals surface area contributed by atoms with Gasteiger partial charge in [0, 0.05) is 22.2 Å². The first-order valence-electron chi connectivity index (χ1n) is 9.61. The molecule has 1 fully saturated rings. The van der Waals surface area contributed by atoms with Crippen molar-refractivity contribution in [3.8, 4) is 17.2 Å². The van der Waals surface area contributed by atoms with Crippen LogP contribution in [0.15, 0.2) is 52.9 Å². The van der Waals surface area contributed by atoms with E-state index in [2.05, 4.69) is 10.2 Å². The van der Waals surface area contributed by atoms with E-state index >= 15 is 0 Å². The summed E-state index contributed by atoms with van der Waals surface area (Å²) in [7, 11) is 0. The number of hydrogen-bond donors (Lipinski definition) is 0. The fourth-order valence-corrected chi connectivity index (χ4v) is 3.14. The van der Waals surface area contributed by atoms with Gasteiger partial charge >= 0.3 is 0 Å². The van der Waals surface area contributed by atoms with Crippen LogP contribution in [0.4, 0.5) is 0 Å². The molecule has 0 saturated heterocycles. The topological polar surface area (TPSA) is 85.5 Å². The number of carbonyl (C=O) groups excluding carboxylic acids is 2. The largest absolute Gasteiger partial charge is 0.484 e. The molecule has 30 heavy (non-hydrogen) atoms. The van der Waals surface area contributed by atoms with Gasteiger partial charge in [0.05, 0.1) is 6.54 Å². The number of aromatic nitrogens is 2. The van der Waals surface area contributed by atoms with E-state index in [1.807, 2.05) is 0 Å². The standard InChI is InChI=1S/C22H20ClN3O4/c1-14(27)16-3-2-4-19(11-16)29-13-21(28)26(18-9-10-18)12-20-24-25-22(30-20)15-5-7-17(23)8-6-15/h2-8,11,18H,9-10,12-13H2,1H3. The molecule has 7 nitrogen and oxygen atoms in total. The summed E-state index contributed by atoms with van der Waals surface area (Å²) in [4.78, 5) is 26.0. The van der Waals surface area contributed by atoms with Crippen molar-refractivity contribution in [2.45, 2.75) is 32.4 Å². The van der Waals surface area contributed by atoms with E-state index in [0.717, 1.165) is 18.4 Å². The van der Waals surface area contributed by atoms with Gasteiger partial charge in [-0.15, -0.1) is 10.2 Å². The van der Waals surface area contributed by atoms with Crippen molar-refractivity contribution in [2.24, 2.45) is 0 Å². The molecule has 1 amide bonds. The van der Waals surface area contributed by atoms with E-state index in [0.29, 0.717) is 28.1 Å². The quantitative estimate of drug-likeness (QED) is 0.504. The van der Waals surface area contributed by atoms with E-state index in [4.69, 9.17) is 20.8 Å². The van der Waals surface area contributed by atoms with E-state index in [-0.39, 0.29) is 30.9 Å². The summed E-state index contributed by atoms with van der Waals surface area (Å²) in [6, 6.07) is 14.0. The first-order chi connectivity index (χ1) is 14.5. The molecule has 0 spiro atoms. The minimum atomic E-state index is -0.169. The number of ether oxygens (including phenoxy) is 1. The summed E-state index contributed by atoms with van der Waals surface area (Å²) < 4.78 is 11.4. The van der Waals surface area contributed by atoms with Crippen LogP contribution in [0.2, 0.25) is 5.02 Å². The molecule has 2 aromatic carbocycles. The third kappa shape index (κ3) is 4.86. The number of benzene rings is 2. The molecule has 4 rings (SSSR count). The highest BCUT2D eigenvalue weighted by molar-refractivity contribution is 6.30. The second-order valence-electron chi connectivity index (χ2n) is 7.13. The lowest BCUT2D eigenvalue weighted by Crippen LogP contribution is -2.36. The van der Waals surface area contributed by atoms with Crippen LogP contribution in [-0.2, 0) is 11.3 Å². The number of ketones is 1. The molecule has 3 aromatic rings. The maximum atomic E-state index is 12.8. The third-order valence-corrected chi connectivity index (χ3v) is 5.03. The van der Waals surface area contributed by atoms with E-state index < -0.39 is 0 Å². The zero-order chi connectivity index (χ0) is 21.1. The minimum Gasteiger partial charge on any atom is -0.484 e. The Labute approximate surface area is 178 Å². The number of Topliss-reactive ketones (excluding diaryl/α,β-unsaturated/α-hetero) is 1. The maximum Gasteiger partial charge on any atom is 0.261 e. The van der Waals surface area contributed by atoms with Gasteiger partial charge in [-0.3, -0.25) is 9.59 Å². The van der Waals surface area contributed by atoms with Gasteiger partial charge < -0.3 is 14.1 Å². The molecule has 1 aliphatic rings. The summed E-state index contributed by atoms with van der Waals surface area (Å²) >= 11 is 5.91. The van der Waals surface area contributed by atoms with Gasteiger partial charge in [0.2, 0.25) is 11.8 Å². The fraction of sp³-hybridized carbons (Fsp3) is 0.273. The number of rotatable bonds is 8. The number of halogens is 1. The Bertz CT molecular complexity index is 1060. The summed E-state index contributed by atoms with van der Waals surface area (Å²) in [5, 5.41) is 8.76. The van der Waals surface area contributed by atoms with Crippen molar-refractivity contribution in [3.05, 3.63) is 65.0 Å². The van der Waals surface area contributed by atoms with Gasteiger partial charge in [-0.05, 0) is 56.2 Å². The summed E-state index contributed by atoms with van der Waals surface area (Å²) in [6.45, 7) is 1.58. The molecule has 1 saturated carbocycles. The summed E-state index contributed by atoms with van der Waals surface area (Å²) in [6.07, 6.45) is 1.87. The van der Waals surface area contributed by atoms with Gasteiger partial charge in [-0.1, -0.05) is 23.7 Å². The van der Waals surface area contributed by atoms with E-state index in [1.165, 1.54) is 6.92 Å². The molecule has 1 heterocycles. The van der Waals surface area contributed by atoms with Gasteiger partial charge in [0.15, 0.2) is 12.4 Å². The molecule has 0 N–H and O–H groups in total. The van der Waals surface area contributed by atoms with Crippen LogP contribution >= 0.6 is 11.6 Å². The smallest absolute Gasteiger partial charge is 0.261 e. The van der Waals surface area contributed by atoms with Crippen molar-refractivity contribution in [1.29, 1.82) is 0 Å². The SMILES string of the molecule is CC(=O)c1cccc(OCC(=O)N(Cc2nnc(-c3ccc(Cl)cc3)o2)C2CC2)c1. The van der Waals surface area contributed by atoms with Crippen molar-refractivity contribution in [3.63, 3.8) is 0 Å². The van der Waals surface area contributed by atoms with Crippen LogP contribution < -0.4 is 4.74 Å². The Morgan fingerprint density at radius 3 is 2.63 bits per heavy atom. The van der Waals surface area contributed by atoms with E-state index in [9.17, 15) is 9.59 Å². The van der Waals surface area contributed by atoms with Crippen molar-refractivity contribution in [2.75, 3.05) is 6.61 Å². The molecular weight excluding hydrogens is 406 g/mol. The second kappa shape index (κ2) is 8.67. The first-order valence-corrected chi connectivity index (χ1v) is 9.99. The molecule has 0 atom stereocenters. The van der Waals surface area contributed by atoms with Crippen molar-refractivity contribution >= 4 is 23.3 Å². The Balaban J connectivity index is 1.40. The van der Waals surface area contributed by atoms with Crippen LogP contribution in [0.1, 0.15) is 36.0 Å². The van der Waals surface area contributed by atoms with Crippen LogP contribution in [-0.4, -0.2) is 39.4 Å². The third-order valence-electron chi connectivity index (χ3n) is 4.77. The molecule has 0 radical (unpaired) electrons. The Morgan fingerprint density at radius 1 is 1.17 bits per heavy atom. The summed E-state index contributed by atoms with van der Waals surface area (Å²) in [5.41, 5.74) is 1.30. The van der Waals surface area contributed by atoms with Crippen LogP contribution in [0.3, 0.4) is 0 Å². The highest BCUT2D eigenvalue weighted by Crippen LogP contribution is 2.29. The molecular formula is C22H20ClN3O4. The van der Waals surface area contributed by atoms with Crippen LogP contribution in [0, 0.1) is 0 Å². The Morgan fingerprint density at radius 2 is 1.93 bits per heavy atom. The fourth-order valence-electron chi connectivity index (χ4n) is 3.01. The van der Waals surface area contributed by atoms with E-state index in [1.54, 1.807) is 53.4 Å². The normalized spacial score (nSPS) is 13.1. The zero-order valence-corrected chi connectivity index (χ0v) is 17.1. The molecule has 0 unspecified atom stereocenters. The Hall–Kier alpha value is -3.19. The lowest BCUT2D eigenvalue weighted by atomic mass is 10.1. The number of hydrogen-bond acceptors (Lipinski definition) is 6. The highest BCUT2D eigenvalue weighted by atomic mass is 35.5. The first kappa shape index (κ1) is 20.1. The average molecular weight is 426 g/mol. The van der Waals surface area contributed by atoms with Crippen LogP contribution in [0.5, 0.6) is 5.75 Å². The van der Waals surface area contributed by atoms with Crippen molar-refractivity contribution < 1.29 is 18.7 Å². The Kier molecular flexibility index (Phi) is 5.81. The molecule has 1 aromatic heterocycles. The lowest BCUT2D eigenvalue weighted by molar-refractivity contribution is -0.134.